The van der Waals surface area contributed by atoms with Crippen LogP contribution in [-0.2, 0) is 4.79 Å². The van der Waals surface area contributed by atoms with E-state index in [2.05, 4.69) is 25.9 Å². The van der Waals surface area contributed by atoms with Crippen LogP contribution in [0.4, 0.5) is 23.0 Å². The van der Waals surface area contributed by atoms with Gasteiger partial charge in [0.15, 0.2) is 11.6 Å². The number of hydrogen-bond acceptors (Lipinski definition) is 8. The van der Waals surface area contributed by atoms with Gasteiger partial charge in [-0.15, -0.1) is 0 Å². The van der Waals surface area contributed by atoms with E-state index < -0.39 is 5.91 Å². The number of rotatable bonds is 11. The number of nitrogens with one attached hydrogen (secondary N) is 3. The fraction of sp³-hybridized carbons (Fsp3) is 0.121. The Bertz CT molecular complexity index is 1910. The largest absolute Gasteiger partial charge is 0.491 e. The number of anilines is 4. The first-order valence-electron chi connectivity index (χ1n) is 13.9. The van der Waals surface area contributed by atoms with Crippen LogP contribution in [-0.4, -0.2) is 64.9 Å². The predicted octanol–water partition coefficient (Wildman–Crippen LogP) is 4.58. The first kappa shape index (κ1) is 30.4. The summed E-state index contributed by atoms with van der Waals surface area (Å²) in [6, 6.07) is 21.1. The van der Waals surface area contributed by atoms with Crippen LogP contribution in [0.2, 0.25) is 0 Å². The van der Waals surface area contributed by atoms with E-state index in [1.165, 1.54) is 19.4 Å². The Labute approximate surface area is 259 Å². The third kappa shape index (κ3) is 7.32. The van der Waals surface area contributed by atoms with Crippen LogP contribution >= 0.6 is 0 Å². The van der Waals surface area contributed by atoms with Crippen molar-refractivity contribution < 1.29 is 19.1 Å². The molecule has 45 heavy (non-hydrogen) atoms. The van der Waals surface area contributed by atoms with E-state index in [1.807, 2.05) is 43.3 Å². The lowest BCUT2D eigenvalue weighted by Crippen LogP contribution is -2.14. The molecule has 228 valence electrons. The second-order valence-corrected chi connectivity index (χ2v) is 10.3. The summed E-state index contributed by atoms with van der Waals surface area (Å²) in [6.07, 6.45) is 6.37. The summed E-state index contributed by atoms with van der Waals surface area (Å²) in [5.41, 5.74) is 8.74. The third-order valence-corrected chi connectivity index (χ3v) is 6.67. The Balaban J connectivity index is 1.33. The summed E-state index contributed by atoms with van der Waals surface area (Å²) in [4.78, 5) is 48.4. The molecule has 5 rings (SSSR count). The van der Waals surface area contributed by atoms with Crippen LogP contribution in [0.15, 0.2) is 97.3 Å². The molecule has 0 unspecified atom stereocenters. The van der Waals surface area contributed by atoms with Gasteiger partial charge in [0, 0.05) is 46.8 Å². The number of nitrogens with zero attached hydrogens (tertiary/aromatic N) is 4. The standard InChI is InChI=1S/C33H32N8O4/c1-40(2)16-8-15-29(42)36-22-10-6-9-21(17-22)32(44)37-23-11-7-12-24(18-23)38-33-35-19-28(45-3)31(39-33)41-20-26(30(34)43)25-13-4-5-14-27(25)41/h4-15,17-20H,16H2,1-3H3,(H2,34,43)(H,36,42)(H,37,44)(H,35,38,39)/b15-8+. The van der Waals surface area contributed by atoms with Crippen LogP contribution in [0.3, 0.4) is 0 Å². The zero-order valence-corrected chi connectivity index (χ0v) is 24.9. The molecular formula is C33H32N8O4. The van der Waals surface area contributed by atoms with Crippen LogP contribution in [0, 0.1) is 0 Å². The summed E-state index contributed by atoms with van der Waals surface area (Å²) in [5, 5.41) is 9.50. The molecule has 12 nitrogen and oxygen atoms in total. The molecule has 0 bridgehead atoms. The SMILES string of the molecule is COc1cnc(Nc2cccc(NC(=O)c3cccc(NC(=O)/C=C/CN(C)C)c3)c2)nc1-n1cc(C(N)=O)c2ccccc21. The summed E-state index contributed by atoms with van der Waals surface area (Å²) in [7, 11) is 5.33. The molecule has 3 aromatic carbocycles. The summed E-state index contributed by atoms with van der Waals surface area (Å²) >= 11 is 0. The van der Waals surface area contributed by atoms with Gasteiger partial charge in [-0.3, -0.25) is 19.0 Å². The van der Waals surface area contributed by atoms with Gasteiger partial charge in [-0.05, 0) is 56.6 Å². The first-order valence-corrected chi connectivity index (χ1v) is 13.9. The van der Waals surface area contributed by atoms with E-state index >= 15 is 0 Å². The summed E-state index contributed by atoms with van der Waals surface area (Å²) in [6.45, 7) is 0.637. The van der Waals surface area contributed by atoms with Crippen molar-refractivity contribution in [1.29, 1.82) is 0 Å². The van der Waals surface area contributed by atoms with Crippen molar-refractivity contribution in [3.05, 3.63) is 108 Å². The fourth-order valence-electron chi connectivity index (χ4n) is 4.59. The molecule has 0 aliphatic carbocycles. The summed E-state index contributed by atoms with van der Waals surface area (Å²) < 4.78 is 7.25. The van der Waals surface area contributed by atoms with Crippen LogP contribution in [0.25, 0.3) is 16.7 Å². The molecule has 0 spiro atoms. The number of hydrogen-bond donors (Lipinski definition) is 4. The molecular weight excluding hydrogens is 572 g/mol. The lowest BCUT2D eigenvalue weighted by atomic mass is 10.1. The minimum Gasteiger partial charge on any atom is -0.491 e. The molecule has 5 N–H and O–H groups in total. The van der Waals surface area contributed by atoms with Crippen LogP contribution in [0.1, 0.15) is 20.7 Å². The van der Waals surface area contributed by atoms with Crippen LogP contribution < -0.4 is 26.4 Å². The van der Waals surface area contributed by atoms with Gasteiger partial charge in [0.1, 0.15) is 0 Å². The monoisotopic (exact) mass is 604 g/mol. The van der Waals surface area contributed by atoms with Gasteiger partial charge < -0.3 is 31.3 Å². The van der Waals surface area contributed by atoms with Gasteiger partial charge in [-0.2, -0.15) is 4.98 Å². The number of benzene rings is 3. The van der Waals surface area contributed by atoms with E-state index in [4.69, 9.17) is 10.5 Å². The van der Waals surface area contributed by atoms with Crippen molar-refractivity contribution in [3.8, 4) is 11.6 Å². The maximum atomic E-state index is 13.1. The number of primary amides is 1. The van der Waals surface area contributed by atoms with E-state index in [0.29, 0.717) is 51.7 Å². The molecule has 0 aliphatic heterocycles. The molecule has 2 aromatic heterocycles. The molecule has 2 heterocycles. The highest BCUT2D eigenvalue weighted by atomic mass is 16.5. The van der Waals surface area contributed by atoms with Crippen molar-refractivity contribution in [2.45, 2.75) is 0 Å². The fourth-order valence-corrected chi connectivity index (χ4v) is 4.59. The maximum Gasteiger partial charge on any atom is 0.255 e. The highest BCUT2D eigenvalue weighted by Gasteiger charge is 2.18. The quantitative estimate of drug-likeness (QED) is 0.160. The number of likely N-dealkylation sites (N-methyl/N-ethyl adjacent to an activating group) is 1. The molecule has 0 fully saturated rings. The Morgan fingerprint density at radius 3 is 2.44 bits per heavy atom. The van der Waals surface area contributed by atoms with E-state index in [1.54, 1.807) is 65.4 Å². The summed E-state index contributed by atoms with van der Waals surface area (Å²) in [5.74, 6) is -0.130. The van der Waals surface area contributed by atoms with Gasteiger partial charge in [-0.25, -0.2) is 4.98 Å². The Morgan fingerprint density at radius 1 is 0.956 bits per heavy atom. The Hall–Kier alpha value is -6.01. The minimum atomic E-state index is -0.556. The Morgan fingerprint density at radius 2 is 1.69 bits per heavy atom. The average molecular weight is 605 g/mol. The van der Waals surface area contributed by atoms with Crippen LogP contribution in [0.5, 0.6) is 5.75 Å². The van der Waals surface area contributed by atoms with Crippen molar-refractivity contribution in [1.82, 2.24) is 19.4 Å². The average Bonchev–Trinajstić information content (AvgIpc) is 3.41. The first-order chi connectivity index (χ1) is 21.7. The van der Waals surface area contributed by atoms with Crippen molar-refractivity contribution in [2.75, 3.05) is 43.7 Å². The zero-order valence-electron chi connectivity index (χ0n) is 24.9. The normalized spacial score (nSPS) is 11.1. The lowest BCUT2D eigenvalue weighted by Gasteiger charge is -2.13. The minimum absolute atomic E-state index is 0.260. The highest BCUT2D eigenvalue weighted by Crippen LogP contribution is 2.30. The number of para-hydroxylation sites is 1. The number of amides is 3. The number of fused-ring (bicyclic) bond motifs is 1. The molecule has 0 aliphatic rings. The van der Waals surface area contributed by atoms with Crippen molar-refractivity contribution in [2.24, 2.45) is 5.73 Å². The maximum absolute atomic E-state index is 13.1. The smallest absolute Gasteiger partial charge is 0.255 e. The Kier molecular flexibility index (Phi) is 9.15. The number of ether oxygens (including phenoxy) is 1. The van der Waals surface area contributed by atoms with Gasteiger partial charge >= 0.3 is 0 Å². The van der Waals surface area contributed by atoms with E-state index in [0.717, 1.165) is 5.52 Å². The number of carbonyl (C=O) groups excluding carboxylic acids is 3. The predicted molar refractivity (Wildman–Crippen MR) is 174 cm³/mol. The molecule has 3 amide bonds. The molecule has 0 atom stereocenters. The second kappa shape index (κ2) is 13.5. The molecule has 0 saturated carbocycles. The van der Waals surface area contributed by atoms with Crippen molar-refractivity contribution in [3.63, 3.8) is 0 Å². The number of aromatic nitrogens is 3. The van der Waals surface area contributed by atoms with Gasteiger partial charge in [0.2, 0.25) is 11.9 Å². The lowest BCUT2D eigenvalue weighted by molar-refractivity contribution is -0.111. The van der Waals surface area contributed by atoms with Gasteiger partial charge in [-0.1, -0.05) is 36.4 Å². The van der Waals surface area contributed by atoms with E-state index in [-0.39, 0.29) is 17.8 Å². The zero-order chi connectivity index (χ0) is 31.9. The molecule has 5 aromatic rings. The number of carbonyl (C=O) groups is 3. The van der Waals surface area contributed by atoms with Gasteiger partial charge in [0.05, 0.1) is 24.4 Å². The third-order valence-electron chi connectivity index (χ3n) is 6.67. The number of nitrogens with two attached hydrogens (primary N) is 1. The van der Waals surface area contributed by atoms with E-state index in [9.17, 15) is 14.4 Å². The number of methoxy groups -OCH3 is 1. The van der Waals surface area contributed by atoms with Gasteiger partial charge in [0.25, 0.3) is 11.8 Å². The molecule has 0 saturated heterocycles. The molecule has 0 radical (unpaired) electrons. The second-order valence-electron chi connectivity index (χ2n) is 10.3. The topological polar surface area (TPSA) is 156 Å². The van der Waals surface area contributed by atoms with Crippen molar-refractivity contribution >= 4 is 51.6 Å². The highest BCUT2D eigenvalue weighted by molar-refractivity contribution is 6.07. The molecule has 12 heteroatoms.